The minimum Gasteiger partial charge on any atom is -0.493 e. The molecule has 160 valence electrons. The zero-order valence-corrected chi connectivity index (χ0v) is 18.8. The summed E-state index contributed by atoms with van der Waals surface area (Å²) in [5, 5.41) is 21.7. The molecule has 0 bridgehead atoms. The average molecular weight is 475 g/mol. The first-order valence-electron chi connectivity index (χ1n) is 9.73. The first-order valence-corrected chi connectivity index (χ1v) is 11.3. The Morgan fingerprint density at radius 3 is 2.90 bits per heavy atom. The van der Waals surface area contributed by atoms with Gasteiger partial charge in [-0.1, -0.05) is 18.0 Å². The smallest absolute Gasteiger partial charge is 0.303 e. The van der Waals surface area contributed by atoms with Crippen LogP contribution in [0.1, 0.15) is 30.6 Å². The Hall–Kier alpha value is -2.68. The average Bonchev–Trinajstić information content (AvgIpc) is 3.41. The molecule has 0 spiro atoms. The van der Waals surface area contributed by atoms with E-state index < -0.39 is 5.97 Å². The molecular weight excluding hydrogens is 456 g/mol. The predicted octanol–water partition coefficient (Wildman–Crippen LogP) is 2.93. The number of aromatic hydroxyl groups is 1. The van der Waals surface area contributed by atoms with Gasteiger partial charge in [0.25, 0.3) is 0 Å². The number of nitrogens with zero attached hydrogens (tertiary/aromatic N) is 2. The van der Waals surface area contributed by atoms with Gasteiger partial charge in [0.2, 0.25) is 5.88 Å². The number of carbonyl (C=O) groups is 1. The van der Waals surface area contributed by atoms with Crippen molar-refractivity contribution in [1.29, 1.82) is 0 Å². The number of carboxylic acids is 1. The van der Waals surface area contributed by atoms with E-state index in [-0.39, 0.29) is 12.3 Å². The predicted molar refractivity (Wildman–Crippen MR) is 123 cm³/mol. The van der Waals surface area contributed by atoms with Gasteiger partial charge in [-0.2, -0.15) is 0 Å². The van der Waals surface area contributed by atoms with Crippen molar-refractivity contribution in [1.82, 2.24) is 4.57 Å². The molecule has 4 rings (SSSR count). The monoisotopic (exact) mass is 474 g/mol. The van der Waals surface area contributed by atoms with E-state index in [4.69, 9.17) is 33.3 Å². The van der Waals surface area contributed by atoms with E-state index in [2.05, 4.69) is 4.99 Å². The van der Waals surface area contributed by atoms with Crippen LogP contribution >= 0.6 is 35.2 Å². The maximum atomic E-state index is 10.6. The fourth-order valence-corrected chi connectivity index (χ4v) is 4.78. The summed E-state index contributed by atoms with van der Waals surface area (Å²) in [6.45, 7) is 0.546. The van der Waals surface area contributed by atoms with Gasteiger partial charge in [-0.05, 0) is 61.5 Å². The van der Waals surface area contributed by atoms with Crippen LogP contribution in [0, 0.1) is 3.95 Å². The third-order valence-electron chi connectivity index (χ3n) is 4.84. The third kappa shape index (κ3) is 4.98. The van der Waals surface area contributed by atoms with Gasteiger partial charge in [-0.15, -0.1) is 11.3 Å². The highest BCUT2D eigenvalue weighted by Crippen LogP contribution is 2.27. The summed E-state index contributed by atoms with van der Waals surface area (Å²) in [4.78, 5) is 15.8. The fraction of sp³-hybridized carbons (Fsp3) is 0.227. The molecule has 3 aromatic rings. The van der Waals surface area contributed by atoms with Crippen molar-refractivity contribution < 1.29 is 19.4 Å². The first kappa shape index (κ1) is 21.5. The zero-order chi connectivity index (χ0) is 22.0. The molecule has 6 nitrogen and oxygen atoms in total. The molecule has 0 saturated carbocycles. The van der Waals surface area contributed by atoms with Crippen LogP contribution in [0.3, 0.4) is 0 Å². The van der Waals surface area contributed by atoms with E-state index in [1.807, 2.05) is 30.3 Å². The Morgan fingerprint density at radius 2 is 2.10 bits per heavy atom. The van der Waals surface area contributed by atoms with Gasteiger partial charge in [0.1, 0.15) is 11.1 Å². The number of hydrogen-bond donors (Lipinski definition) is 2. The number of aromatic nitrogens is 1. The number of thiazole rings is 1. The lowest BCUT2D eigenvalue weighted by Crippen LogP contribution is -2.20. The van der Waals surface area contributed by atoms with Crippen LogP contribution in [0.2, 0.25) is 5.02 Å². The molecule has 2 aromatic heterocycles. The second kappa shape index (κ2) is 9.21. The second-order valence-electron chi connectivity index (χ2n) is 7.10. The van der Waals surface area contributed by atoms with E-state index >= 15 is 0 Å². The largest absolute Gasteiger partial charge is 0.493 e. The van der Waals surface area contributed by atoms with Gasteiger partial charge in [-0.3, -0.25) is 9.36 Å². The van der Waals surface area contributed by atoms with Crippen LogP contribution in [0.25, 0.3) is 17.8 Å². The molecule has 9 heteroatoms. The quantitative estimate of drug-likeness (QED) is 0.406. The molecule has 0 saturated heterocycles. The number of benzene rings is 1. The van der Waals surface area contributed by atoms with Crippen molar-refractivity contribution >= 4 is 59.0 Å². The number of rotatable bonds is 7. The zero-order valence-electron chi connectivity index (χ0n) is 16.4. The van der Waals surface area contributed by atoms with Crippen molar-refractivity contribution in [2.75, 3.05) is 0 Å². The van der Waals surface area contributed by atoms with Gasteiger partial charge >= 0.3 is 5.97 Å². The molecule has 31 heavy (non-hydrogen) atoms. The van der Waals surface area contributed by atoms with Crippen molar-refractivity contribution in [2.45, 2.75) is 32.2 Å². The fourth-order valence-electron chi connectivity index (χ4n) is 3.30. The van der Waals surface area contributed by atoms with Crippen LogP contribution in [0.4, 0.5) is 0 Å². The first-order chi connectivity index (χ1) is 14.9. The number of halogens is 1. The Labute approximate surface area is 191 Å². The highest BCUT2D eigenvalue weighted by atomic mass is 35.5. The molecular formula is C22H19ClN2O4S2. The molecule has 1 aliphatic heterocycles. The van der Waals surface area contributed by atoms with Crippen molar-refractivity contribution in [3.05, 3.63) is 65.6 Å². The number of furan rings is 1. The lowest BCUT2D eigenvalue weighted by Gasteiger charge is -2.04. The van der Waals surface area contributed by atoms with Crippen LogP contribution < -0.4 is 21.4 Å². The number of aliphatic carboxylic acids is 1. The third-order valence-corrected chi connectivity index (χ3v) is 6.46. The molecule has 0 unspecified atom stereocenters. The molecule has 3 heterocycles. The Morgan fingerprint density at radius 1 is 1.26 bits per heavy atom. The molecule has 2 N–H and O–H groups in total. The highest BCUT2D eigenvalue weighted by Gasteiger charge is 2.11. The molecule has 1 aromatic carbocycles. The topological polar surface area (TPSA) is 88.0 Å². The van der Waals surface area contributed by atoms with Crippen LogP contribution in [0.5, 0.6) is 5.88 Å². The maximum Gasteiger partial charge on any atom is 0.303 e. The van der Waals surface area contributed by atoms with Gasteiger partial charge in [0, 0.05) is 29.3 Å². The van der Waals surface area contributed by atoms with Crippen molar-refractivity contribution in [2.24, 2.45) is 4.99 Å². The lowest BCUT2D eigenvalue weighted by atomic mass is 10.2. The van der Waals surface area contributed by atoms with E-state index in [1.54, 1.807) is 16.7 Å². The SMILES string of the molecule is O=C(O)CCCCCn1c(O)c(/C=c2/cc/c(=C3/C=c4cc(Cl)ccc4=N3)o2)sc1=S. The Bertz CT molecular complexity index is 1450. The summed E-state index contributed by atoms with van der Waals surface area (Å²) >= 11 is 12.7. The molecule has 0 amide bonds. The number of carboxylic acid groups (broad SMARTS) is 1. The number of unbranched alkanes of at least 4 members (excludes halogenated alkanes) is 2. The van der Waals surface area contributed by atoms with Crippen LogP contribution in [-0.2, 0) is 11.3 Å². The maximum absolute atomic E-state index is 10.6. The van der Waals surface area contributed by atoms with Gasteiger partial charge in [0.05, 0.1) is 10.2 Å². The van der Waals surface area contributed by atoms with E-state index in [0.717, 1.165) is 23.4 Å². The summed E-state index contributed by atoms with van der Waals surface area (Å²) in [5.41, 5.74) is 1.92. The van der Waals surface area contributed by atoms with E-state index in [0.29, 0.717) is 43.3 Å². The summed E-state index contributed by atoms with van der Waals surface area (Å²) in [7, 11) is 0. The summed E-state index contributed by atoms with van der Waals surface area (Å²) in [6, 6.07) is 9.19. The van der Waals surface area contributed by atoms with E-state index in [9.17, 15) is 9.90 Å². The Kier molecular flexibility index (Phi) is 6.41. The Balaban J connectivity index is 1.56. The van der Waals surface area contributed by atoms with Gasteiger partial charge in [-0.25, -0.2) is 4.99 Å². The molecule has 0 radical (unpaired) electrons. The summed E-state index contributed by atoms with van der Waals surface area (Å²) in [6.07, 6.45) is 5.94. The highest BCUT2D eigenvalue weighted by molar-refractivity contribution is 7.73. The molecule has 1 aliphatic rings. The number of fused-ring (bicyclic) bond motifs is 1. The standard InChI is InChI=1S/C22H19ClN2O4S2/c23-14-5-7-16-13(10-14)11-17(24-16)18-8-6-15(29-18)12-19-21(28)25(22(30)31-19)9-3-1-2-4-20(26)27/h5-8,10-12,28H,1-4,9H2,(H,26,27)/b15-12-,18-17+. The van der Waals surface area contributed by atoms with Gasteiger partial charge < -0.3 is 14.6 Å². The lowest BCUT2D eigenvalue weighted by molar-refractivity contribution is -0.137. The van der Waals surface area contributed by atoms with Crippen LogP contribution in [-0.4, -0.2) is 20.7 Å². The molecule has 0 fully saturated rings. The van der Waals surface area contributed by atoms with Crippen LogP contribution in [0.15, 0.2) is 39.7 Å². The second-order valence-corrected chi connectivity index (χ2v) is 9.21. The minimum atomic E-state index is -0.793. The summed E-state index contributed by atoms with van der Waals surface area (Å²) in [5.74, 6) is -0.698. The summed E-state index contributed by atoms with van der Waals surface area (Å²) < 4.78 is 8.16. The normalized spacial score (nSPS) is 14.9. The van der Waals surface area contributed by atoms with Crippen molar-refractivity contribution in [3.8, 4) is 5.88 Å². The van der Waals surface area contributed by atoms with Crippen molar-refractivity contribution in [3.63, 3.8) is 0 Å². The van der Waals surface area contributed by atoms with Gasteiger partial charge in [0.15, 0.2) is 9.37 Å². The minimum absolute atomic E-state index is 0.0954. The van der Waals surface area contributed by atoms with E-state index in [1.165, 1.54) is 11.3 Å². The molecule has 0 aliphatic carbocycles. The molecule has 0 atom stereocenters. The number of hydrogen-bond acceptors (Lipinski definition) is 6.